The Bertz CT molecular complexity index is 524. The van der Waals surface area contributed by atoms with Crippen LogP contribution in [0.2, 0.25) is 0 Å². The van der Waals surface area contributed by atoms with E-state index >= 15 is 0 Å². The Balaban J connectivity index is 2.15. The average Bonchev–Trinajstić information content (AvgIpc) is 2.64. The predicted octanol–water partition coefficient (Wildman–Crippen LogP) is 2.36. The second-order valence-electron chi connectivity index (χ2n) is 5.68. The molecule has 1 fully saturated rings. The maximum Gasteiger partial charge on any atom is 0.129 e. The Hall–Kier alpha value is -1.15. The third kappa shape index (κ3) is 5.67. The van der Waals surface area contributed by atoms with Crippen LogP contribution in [-0.2, 0) is 25.6 Å². The summed E-state index contributed by atoms with van der Waals surface area (Å²) in [4.78, 5) is 0. The highest BCUT2D eigenvalue weighted by Crippen LogP contribution is 2.30. The number of thiol groups is 1. The summed E-state index contributed by atoms with van der Waals surface area (Å²) in [5.74, 6) is 0. The molecule has 5 atom stereocenters. The van der Waals surface area contributed by atoms with E-state index < -0.39 is 29.9 Å². The van der Waals surface area contributed by atoms with Crippen LogP contribution in [0.25, 0.3) is 0 Å². The van der Waals surface area contributed by atoms with Crippen molar-refractivity contribution >= 4 is 12.6 Å². The molecule has 1 heterocycles. The third-order valence-corrected chi connectivity index (χ3v) is 4.30. The van der Waals surface area contributed by atoms with Crippen molar-refractivity contribution in [3.8, 4) is 0 Å². The minimum atomic E-state index is -0.551. The molecule has 0 aliphatic carbocycles. The maximum atomic E-state index is 9.71. The summed E-state index contributed by atoms with van der Waals surface area (Å²) >= 11 is 4.45. The predicted molar refractivity (Wildman–Crippen MR) is 99.6 cm³/mol. The van der Waals surface area contributed by atoms with E-state index in [2.05, 4.69) is 25.8 Å². The fraction of sp³-hybridized carbons (Fsp3) is 0.474. The van der Waals surface area contributed by atoms with Crippen molar-refractivity contribution in [2.24, 2.45) is 0 Å². The number of ether oxygens (including phenoxy) is 4. The number of aliphatic hydroxyl groups is 1. The molecule has 0 unspecified atom stereocenters. The zero-order chi connectivity index (χ0) is 18.1. The molecule has 1 N–H and O–H groups in total. The lowest BCUT2D eigenvalue weighted by atomic mass is 9.99. The zero-order valence-corrected chi connectivity index (χ0v) is 15.1. The van der Waals surface area contributed by atoms with Crippen LogP contribution in [0.1, 0.15) is 5.56 Å². The van der Waals surface area contributed by atoms with Gasteiger partial charge in [-0.2, -0.15) is 0 Å². The lowest BCUT2D eigenvalue weighted by Gasteiger charge is -2.44. The quantitative estimate of drug-likeness (QED) is 0.492. The van der Waals surface area contributed by atoms with Crippen molar-refractivity contribution < 1.29 is 24.1 Å². The maximum absolute atomic E-state index is 9.71. The highest BCUT2D eigenvalue weighted by molar-refractivity contribution is 7.80. The van der Waals surface area contributed by atoms with Crippen molar-refractivity contribution in [3.63, 3.8) is 0 Å². The number of aliphatic hydroxyl groups excluding tert-OH is 1. The van der Waals surface area contributed by atoms with Crippen LogP contribution < -0.4 is 0 Å². The summed E-state index contributed by atoms with van der Waals surface area (Å²) in [5, 5.41) is 9.71. The van der Waals surface area contributed by atoms with Crippen molar-refractivity contribution in [1.29, 1.82) is 0 Å². The Labute approximate surface area is 154 Å². The fourth-order valence-electron chi connectivity index (χ4n) is 2.74. The first-order valence-electron chi connectivity index (χ1n) is 8.26. The van der Waals surface area contributed by atoms with Crippen LogP contribution in [-0.4, -0.2) is 54.8 Å². The van der Waals surface area contributed by atoms with E-state index in [1.807, 2.05) is 30.3 Å². The standard InChI is InChI=1S/C19H26O5S/c1-3-10-21-17-16(23-13-14-8-6-5-7-9-14)15(12-20)24-19(25)18(17)22-11-4-2/h3-9,15-20,25H,1-2,10-13H2/t15-,16+,17+,18-,19-/m1/s1. The number of benzene rings is 1. The molecule has 0 spiro atoms. The number of hydrogen-bond acceptors (Lipinski definition) is 6. The average molecular weight is 366 g/mol. The monoisotopic (exact) mass is 366 g/mol. The van der Waals surface area contributed by atoms with Crippen LogP contribution in [0.3, 0.4) is 0 Å². The van der Waals surface area contributed by atoms with E-state index in [0.717, 1.165) is 5.56 Å². The second-order valence-corrected chi connectivity index (χ2v) is 6.19. The smallest absolute Gasteiger partial charge is 0.129 e. The van der Waals surface area contributed by atoms with Gasteiger partial charge in [-0.25, -0.2) is 0 Å². The molecule has 0 amide bonds. The highest BCUT2D eigenvalue weighted by Gasteiger charge is 2.46. The van der Waals surface area contributed by atoms with Crippen molar-refractivity contribution in [1.82, 2.24) is 0 Å². The fourth-order valence-corrected chi connectivity index (χ4v) is 3.15. The van der Waals surface area contributed by atoms with Gasteiger partial charge in [0.1, 0.15) is 29.9 Å². The summed E-state index contributed by atoms with van der Waals surface area (Å²) in [7, 11) is 0. The van der Waals surface area contributed by atoms with Gasteiger partial charge in [-0.3, -0.25) is 0 Å². The first-order valence-corrected chi connectivity index (χ1v) is 8.77. The number of rotatable bonds is 10. The van der Waals surface area contributed by atoms with Crippen LogP contribution in [0.15, 0.2) is 55.6 Å². The molecule has 1 aromatic carbocycles. The van der Waals surface area contributed by atoms with Crippen molar-refractivity contribution in [2.45, 2.75) is 36.5 Å². The van der Waals surface area contributed by atoms with Gasteiger partial charge in [0.2, 0.25) is 0 Å². The van der Waals surface area contributed by atoms with E-state index in [1.165, 1.54) is 0 Å². The Morgan fingerprint density at radius 2 is 1.64 bits per heavy atom. The lowest BCUT2D eigenvalue weighted by molar-refractivity contribution is -0.242. The first kappa shape index (κ1) is 20.2. The third-order valence-electron chi connectivity index (χ3n) is 3.89. The molecule has 5 nitrogen and oxygen atoms in total. The van der Waals surface area contributed by atoms with Gasteiger partial charge in [0.05, 0.1) is 26.4 Å². The van der Waals surface area contributed by atoms with Gasteiger partial charge in [0.15, 0.2) is 0 Å². The van der Waals surface area contributed by atoms with Gasteiger partial charge in [-0.05, 0) is 5.56 Å². The van der Waals surface area contributed by atoms with E-state index in [1.54, 1.807) is 12.2 Å². The molecule has 1 aliphatic rings. The summed E-state index contributed by atoms with van der Waals surface area (Å²) in [5.41, 5.74) is 0.488. The topological polar surface area (TPSA) is 57.2 Å². The summed E-state index contributed by atoms with van der Waals surface area (Å²) in [6, 6.07) is 9.80. The molecule has 0 bridgehead atoms. The summed E-state index contributed by atoms with van der Waals surface area (Å²) in [6.07, 6.45) is 1.37. The van der Waals surface area contributed by atoms with Gasteiger partial charge >= 0.3 is 0 Å². The molecule has 25 heavy (non-hydrogen) atoms. The molecule has 1 aliphatic heterocycles. The minimum absolute atomic E-state index is 0.196. The molecule has 0 aromatic heterocycles. The molecule has 2 rings (SSSR count). The Kier molecular flexibility index (Phi) is 8.67. The molecular formula is C19H26O5S. The largest absolute Gasteiger partial charge is 0.394 e. The van der Waals surface area contributed by atoms with Crippen LogP contribution in [0.5, 0.6) is 0 Å². The lowest BCUT2D eigenvalue weighted by Crippen LogP contribution is -2.59. The van der Waals surface area contributed by atoms with E-state index in [0.29, 0.717) is 19.8 Å². The SMILES string of the molecule is C=CCO[C@@H]1[C@@H](OCC=C)[C@@H](S)O[C@H](CO)[C@@H]1OCc1ccccc1. The summed E-state index contributed by atoms with van der Waals surface area (Å²) < 4.78 is 23.5. The second kappa shape index (κ2) is 10.8. The van der Waals surface area contributed by atoms with Crippen LogP contribution in [0, 0.1) is 0 Å². The van der Waals surface area contributed by atoms with Crippen molar-refractivity contribution in [2.75, 3.05) is 19.8 Å². The van der Waals surface area contributed by atoms with Gasteiger partial charge in [0, 0.05) is 0 Å². The Morgan fingerprint density at radius 3 is 2.24 bits per heavy atom. The van der Waals surface area contributed by atoms with Crippen LogP contribution >= 0.6 is 12.6 Å². The molecule has 1 saturated heterocycles. The number of hydrogen-bond donors (Lipinski definition) is 2. The Morgan fingerprint density at radius 1 is 1.00 bits per heavy atom. The molecule has 0 saturated carbocycles. The minimum Gasteiger partial charge on any atom is -0.394 e. The highest BCUT2D eigenvalue weighted by atomic mass is 32.1. The van der Waals surface area contributed by atoms with Crippen molar-refractivity contribution in [3.05, 3.63) is 61.2 Å². The van der Waals surface area contributed by atoms with Gasteiger partial charge in [-0.1, -0.05) is 42.5 Å². The summed E-state index contributed by atoms with van der Waals surface area (Å²) in [6.45, 7) is 8.21. The van der Waals surface area contributed by atoms with E-state index in [9.17, 15) is 5.11 Å². The molecular weight excluding hydrogens is 340 g/mol. The van der Waals surface area contributed by atoms with Crippen LogP contribution in [0.4, 0.5) is 0 Å². The van der Waals surface area contributed by atoms with Gasteiger partial charge < -0.3 is 24.1 Å². The van der Waals surface area contributed by atoms with Gasteiger partial charge in [0.25, 0.3) is 0 Å². The molecule has 0 radical (unpaired) electrons. The first-order chi connectivity index (χ1) is 12.2. The molecule has 138 valence electrons. The molecule has 6 heteroatoms. The van der Waals surface area contributed by atoms with Gasteiger partial charge in [-0.15, -0.1) is 25.8 Å². The van der Waals surface area contributed by atoms with E-state index in [4.69, 9.17) is 18.9 Å². The zero-order valence-electron chi connectivity index (χ0n) is 14.2. The van der Waals surface area contributed by atoms with E-state index in [-0.39, 0.29) is 6.61 Å². The molecule has 1 aromatic rings. The normalized spacial score (nSPS) is 29.3.